The molecule has 0 radical (unpaired) electrons. The predicted octanol–water partition coefficient (Wildman–Crippen LogP) is 1.60. The van der Waals surface area contributed by atoms with Crippen LogP contribution in [0.4, 0.5) is 0 Å². The first-order valence-electron chi connectivity index (χ1n) is 6.22. The van der Waals surface area contributed by atoms with Crippen molar-refractivity contribution in [1.29, 1.82) is 5.26 Å². The number of nitrogens with zero attached hydrogens (tertiary/aromatic N) is 4. The molecule has 2 rings (SSSR count). The Morgan fingerprint density at radius 3 is 2.94 bits per heavy atom. The van der Waals surface area contributed by atoms with Crippen molar-refractivity contribution in [3.05, 3.63) is 0 Å². The molecule has 0 spiro atoms. The van der Waals surface area contributed by atoms with Crippen molar-refractivity contribution in [3.63, 3.8) is 0 Å². The number of rotatable bonds is 0. The fourth-order valence-corrected chi connectivity index (χ4v) is 3.67. The maximum atomic E-state index is 8.69. The Labute approximate surface area is 108 Å². The maximum absolute atomic E-state index is 8.69. The van der Waals surface area contributed by atoms with Gasteiger partial charge in [0.05, 0.1) is 0 Å². The third-order valence-corrected chi connectivity index (χ3v) is 4.66. The van der Waals surface area contributed by atoms with Crippen LogP contribution < -0.4 is 0 Å². The van der Waals surface area contributed by atoms with Gasteiger partial charge in [0.25, 0.3) is 0 Å². The molecular formula is C12H20N4S. The molecule has 0 amide bonds. The highest BCUT2D eigenvalue weighted by Crippen LogP contribution is 2.30. The summed E-state index contributed by atoms with van der Waals surface area (Å²) in [5.41, 5.74) is 0. The second-order valence-electron chi connectivity index (χ2n) is 4.88. The van der Waals surface area contributed by atoms with E-state index in [0.29, 0.717) is 0 Å². The zero-order valence-electron chi connectivity index (χ0n) is 10.6. The van der Waals surface area contributed by atoms with Gasteiger partial charge in [-0.15, -0.1) is 4.99 Å². The highest BCUT2D eigenvalue weighted by Gasteiger charge is 2.34. The Balaban J connectivity index is 2.02. The van der Waals surface area contributed by atoms with Crippen LogP contribution >= 0.6 is 11.8 Å². The third-order valence-electron chi connectivity index (χ3n) is 3.94. The van der Waals surface area contributed by atoms with E-state index in [9.17, 15) is 0 Å². The molecule has 0 aromatic heterocycles. The fraction of sp³-hybridized carbons (Fsp3) is 0.833. The molecule has 2 aliphatic heterocycles. The molecule has 0 aromatic rings. The molecule has 0 N–H and O–H groups in total. The topological polar surface area (TPSA) is 42.6 Å². The quantitative estimate of drug-likeness (QED) is 0.373. The molecule has 94 valence electrons. The number of piperidine rings is 2. The molecule has 0 saturated carbocycles. The summed E-state index contributed by atoms with van der Waals surface area (Å²) < 4.78 is 0. The van der Waals surface area contributed by atoms with Crippen molar-refractivity contribution in [1.82, 2.24) is 9.80 Å². The normalized spacial score (nSPS) is 30.9. The largest absolute Gasteiger partial charge is 0.350 e. The molecule has 2 saturated heterocycles. The second kappa shape index (κ2) is 5.74. The molecule has 2 fully saturated rings. The van der Waals surface area contributed by atoms with Gasteiger partial charge in [-0.25, -0.2) is 0 Å². The van der Waals surface area contributed by atoms with Gasteiger partial charge in [-0.1, -0.05) is 11.8 Å². The van der Waals surface area contributed by atoms with Crippen molar-refractivity contribution in [3.8, 4) is 6.19 Å². The first-order valence-corrected chi connectivity index (χ1v) is 7.44. The first kappa shape index (κ1) is 12.7. The Bertz CT molecular complexity index is 336. The molecule has 17 heavy (non-hydrogen) atoms. The molecule has 0 aromatic carbocycles. The molecule has 2 atom stereocenters. The van der Waals surface area contributed by atoms with Crippen molar-refractivity contribution in [2.75, 3.05) is 32.9 Å². The van der Waals surface area contributed by atoms with E-state index >= 15 is 0 Å². The van der Waals surface area contributed by atoms with Gasteiger partial charge >= 0.3 is 0 Å². The molecule has 2 heterocycles. The van der Waals surface area contributed by atoms with Crippen molar-refractivity contribution in [2.24, 2.45) is 10.9 Å². The average molecular weight is 252 g/mol. The van der Waals surface area contributed by atoms with Crippen LogP contribution in [0.25, 0.3) is 0 Å². The summed E-state index contributed by atoms with van der Waals surface area (Å²) in [6.45, 7) is 3.34. The van der Waals surface area contributed by atoms with Gasteiger partial charge in [-0.3, -0.25) is 0 Å². The molecule has 5 heteroatoms. The van der Waals surface area contributed by atoms with E-state index in [1.807, 2.05) is 12.4 Å². The summed E-state index contributed by atoms with van der Waals surface area (Å²) in [5, 5.41) is 9.58. The summed E-state index contributed by atoms with van der Waals surface area (Å²) in [4.78, 5) is 8.71. The van der Waals surface area contributed by atoms with Crippen molar-refractivity contribution in [2.45, 2.75) is 25.3 Å². The molecule has 0 aliphatic carbocycles. The van der Waals surface area contributed by atoms with Crippen LogP contribution in [0.3, 0.4) is 0 Å². The third kappa shape index (κ3) is 2.75. The minimum atomic E-state index is 0.741. The summed E-state index contributed by atoms with van der Waals surface area (Å²) in [6.07, 6.45) is 7.73. The SMILES string of the molecule is CSC(=NC#N)N1CCC2C(CCCN2C)C1. The van der Waals surface area contributed by atoms with Gasteiger partial charge < -0.3 is 9.80 Å². The van der Waals surface area contributed by atoms with E-state index in [1.54, 1.807) is 11.8 Å². The predicted molar refractivity (Wildman–Crippen MR) is 71.9 cm³/mol. The minimum absolute atomic E-state index is 0.741. The highest BCUT2D eigenvalue weighted by molar-refractivity contribution is 8.13. The number of hydrogen-bond acceptors (Lipinski definition) is 4. The van der Waals surface area contributed by atoms with Gasteiger partial charge in [-0.05, 0) is 45.0 Å². The number of thioether (sulfide) groups is 1. The first-order chi connectivity index (χ1) is 8.26. The standard InChI is InChI=1S/C12H20N4S/c1-15-6-3-4-10-8-16(7-5-11(10)15)12(17-2)14-9-13/h10-11H,3-8H2,1-2H3. The van der Waals surface area contributed by atoms with Crippen molar-refractivity contribution >= 4 is 16.9 Å². The second-order valence-corrected chi connectivity index (χ2v) is 5.66. The van der Waals surface area contributed by atoms with Crippen molar-refractivity contribution < 1.29 is 0 Å². The van der Waals surface area contributed by atoms with Crippen LogP contribution in [0.1, 0.15) is 19.3 Å². The van der Waals surface area contributed by atoms with E-state index in [4.69, 9.17) is 5.26 Å². The van der Waals surface area contributed by atoms with Gasteiger partial charge in [0.2, 0.25) is 6.19 Å². The van der Waals surface area contributed by atoms with Gasteiger partial charge in [0.15, 0.2) is 5.17 Å². The van der Waals surface area contributed by atoms with E-state index in [2.05, 4.69) is 21.8 Å². The van der Waals surface area contributed by atoms with Crippen LogP contribution in [0, 0.1) is 17.4 Å². The monoisotopic (exact) mass is 252 g/mol. The molecular weight excluding hydrogens is 232 g/mol. The van der Waals surface area contributed by atoms with E-state index < -0.39 is 0 Å². The Morgan fingerprint density at radius 1 is 1.41 bits per heavy atom. The van der Waals surface area contributed by atoms with Gasteiger partial charge in [-0.2, -0.15) is 5.26 Å². The van der Waals surface area contributed by atoms with Crippen LogP contribution in [-0.2, 0) is 0 Å². The fourth-order valence-electron chi connectivity index (χ4n) is 3.11. The van der Waals surface area contributed by atoms with Gasteiger partial charge in [0, 0.05) is 19.1 Å². The Morgan fingerprint density at radius 2 is 2.24 bits per heavy atom. The van der Waals surface area contributed by atoms with E-state index in [-0.39, 0.29) is 0 Å². The zero-order chi connectivity index (χ0) is 12.3. The summed E-state index contributed by atoms with van der Waals surface area (Å²) in [6, 6.07) is 0.741. The molecule has 2 unspecified atom stereocenters. The number of fused-ring (bicyclic) bond motifs is 1. The maximum Gasteiger partial charge on any atom is 0.208 e. The zero-order valence-corrected chi connectivity index (χ0v) is 11.4. The van der Waals surface area contributed by atoms with E-state index in [1.165, 1.54) is 25.8 Å². The lowest BCUT2D eigenvalue weighted by Crippen LogP contribution is -2.53. The molecule has 2 aliphatic rings. The summed E-state index contributed by atoms with van der Waals surface area (Å²) in [5.74, 6) is 0.749. The lowest BCUT2D eigenvalue weighted by Gasteiger charge is -2.46. The lowest BCUT2D eigenvalue weighted by atomic mass is 9.84. The highest BCUT2D eigenvalue weighted by atomic mass is 32.2. The number of amidine groups is 1. The van der Waals surface area contributed by atoms with Gasteiger partial charge in [0.1, 0.15) is 0 Å². The number of hydrogen-bond donors (Lipinski definition) is 0. The number of aliphatic imine (C=N–C) groups is 1. The number of likely N-dealkylation sites (tertiary alicyclic amines) is 2. The van der Waals surface area contributed by atoms with Crippen LogP contribution in [0.15, 0.2) is 4.99 Å². The average Bonchev–Trinajstić information content (AvgIpc) is 2.36. The summed E-state index contributed by atoms with van der Waals surface area (Å²) >= 11 is 1.58. The molecule has 4 nitrogen and oxygen atoms in total. The molecule has 0 bridgehead atoms. The smallest absolute Gasteiger partial charge is 0.208 e. The minimum Gasteiger partial charge on any atom is -0.350 e. The Hall–Kier alpha value is -0.730. The Kier molecular flexibility index (Phi) is 4.30. The van der Waals surface area contributed by atoms with E-state index in [0.717, 1.165) is 30.2 Å². The number of nitriles is 1. The van der Waals surface area contributed by atoms with Crippen LogP contribution in [0.2, 0.25) is 0 Å². The van der Waals surface area contributed by atoms with Crippen LogP contribution in [0.5, 0.6) is 0 Å². The van der Waals surface area contributed by atoms with Crippen LogP contribution in [-0.4, -0.2) is 53.9 Å². The summed E-state index contributed by atoms with van der Waals surface area (Å²) in [7, 11) is 2.24. The lowest BCUT2D eigenvalue weighted by molar-refractivity contribution is 0.0642.